The van der Waals surface area contributed by atoms with E-state index in [1.54, 1.807) is 6.07 Å². The number of carbonyl (C=O) groups excluding carboxylic acids is 1. The van der Waals surface area contributed by atoms with E-state index in [2.05, 4.69) is 10.2 Å². The second-order valence-corrected chi connectivity index (χ2v) is 6.85. The van der Waals surface area contributed by atoms with Crippen LogP contribution in [-0.2, 0) is 11.2 Å². The van der Waals surface area contributed by atoms with E-state index in [0.29, 0.717) is 13.0 Å². The summed E-state index contributed by atoms with van der Waals surface area (Å²) in [6.07, 6.45) is 2.69. The van der Waals surface area contributed by atoms with E-state index in [9.17, 15) is 9.18 Å². The van der Waals surface area contributed by atoms with Crippen LogP contribution >= 0.6 is 0 Å². The van der Waals surface area contributed by atoms with Crippen LogP contribution in [-0.4, -0.2) is 74.9 Å². The lowest BCUT2D eigenvalue weighted by Gasteiger charge is -2.32. The number of hydrogen-bond donors (Lipinski definition) is 1. The van der Waals surface area contributed by atoms with Gasteiger partial charge in [-0.05, 0) is 37.0 Å². The van der Waals surface area contributed by atoms with Crippen molar-refractivity contribution in [3.63, 3.8) is 0 Å². The third kappa shape index (κ3) is 4.86. The molecule has 7 heteroatoms. The van der Waals surface area contributed by atoms with Gasteiger partial charge in [0.15, 0.2) is 11.6 Å². The van der Waals surface area contributed by atoms with Crippen molar-refractivity contribution >= 4 is 6.03 Å². The molecule has 2 fully saturated rings. The quantitative estimate of drug-likeness (QED) is 0.836. The molecule has 1 aromatic carbocycles. The summed E-state index contributed by atoms with van der Waals surface area (Å²) in [7, 11) is 1.45. The zero-order valence-electron chi connectivity index (χ0n) is 15.4. The number of urea groups is 1. The minimum Gasteiger partial charge on any atom is -0.494 e. The Morgan fingerprint density at radius 2 is 2.15 bits per heavy atom. The first-order chi connectivity index (χ1) is 12.7. The van der Waals surface area contributed by atoms with E-state index >= 15 is 0 Å². The standard InChI is InChI=1S/C19H28FN3O3/c1-25-18-5-4-15(13-17(18)20)6-7-21-19(24)23-8-2-3-16(23)14-22-9-11-26-12-10-22/h4-5,13,16H,2-3,6-12,14H2,1H3,(H,21,24)/t16-/m0/s1. The molecular formula is C19H28FN3O3. The van der Waals surface area contributed by atoms with E-state index in [-0.39, 0.29) is 23.6 Å². The van der Waals surface area contributed by atoms with Crippen molar-refractivity contribution in [3.05, 3.63) is 29.6 Å². The number of halogens is 1. The highest BCUT2D eigenvalue weighted by Gasteiger charge is 2.30. The molecule has 0 aliphatic carbocycles. The molecule has 1 atom stereocenters. The van der Waals surface area contributed by atoms with E-state index in [1.165, 1.54) is 13.2 Å². The van der Waals surface area contributed by atoms with Gasteiger partial charge in [-0.3, -0.25) is 4.90 Å². The minimum atomic E-state index is -0.374. The van der Waals surface area contributed by atoms with Gasteiger partial charge in [0.1, 0.15) is 0 Å². The Balaban J connectivity index is 1.45. The molecular weight excluding hydrogens is 337 g/mol. The number of likely N-dealkylation sites (tertiary alicyclic amines) is 1. The maximum absolute atomic E-state index is 13.7. The Morgan fingerprint density at radius 1 is 1.35 bits per heavy atom. The Labute approximate surface area is 154 Å². The minimum absolute atomic E-state index is 0.0188. The summed E-state index contributed by atoms with van der Waals surface area (Å²) in [6, 6.07) is 5.15. The lowest BCUT2D eigenvalue weighted by Crippen LogP contribution is -2.49. The molecule has 2 saturated heterocycles. The molecule has 0 saturated carbocycles. The normalized spacial score (nSPS) is 21.0. The highest BCUT2D eigenvalue weighted by atomic mass is 19.1. The molecule has 144 valence electrons. The predicted molar refractivity (Wildman–Crippen MR) is 97.0 cm³/mol. The monoisotopic (exact) mass is 365 g/mol. The molecule has 0 aromatic heterocycles. The summed E-state index contributed by atoms with van der Waals surface area (Å²) in [4.78, 5) is 16.9. The number of hydrogen-bond acceptors (Lipinski definition) is 4. The summed E-state index contributed by atoms with van der Waals surface area (Å²) in [5, 5.41) is 2.98. The fraction of sp³-hybridized carbons (Fsp3) is 0.632. The SMILES string of the molecule is COc1ccc(CCNC(=O)N2CCC[C@H]2CN2CCOCC2)cc1F. The van der Waals surface area contributed by atoms with Crippen LogP contribution in [0.1, 0.15) is 18.4 Å². The van der Waals surface area contributed by atoms with Crippen molar-refractivity contribution in [3.8, 4) is 5.75 Å². The lowest BCUT2D eigenvalue weighted by molar-refractivity contribution is 0.0292. The number of amides is 2. The fourth-order valence-corrected chi connectivity index (χ4v) is 3.66. The zero-order valence-corrected chi connectivity index (χ0v) is 15.4. The second-order valence-electron chi connectivity index (χ2n) is 6.85. The molecule has 2 aliphatic rings. The highest BCUT2D eigenvalue weighted by molar-refractivity contribution is 5.74. The summed E-state index contributed by atoms with van der Waals surface area (Å²) < 4.78 is 24.0. The average molecular weight is 365 g/mol. The summed E-state index contributed by atoms with van der Waals surface area (Å²) in [5.41, 5.74) is 0.842. The Kier molecular flexibility index (Phi) is 6.68. The molecule has 2 amide bonds. The van der Waals surface area contributed by atoms with Crippen LogP contribution in [0.5, 0.6) is 5.75 Å². The molecule has 2 aliphatic heterocycles. The zero-order chi connectivity index (χ0) is 18.4. The van der Waals surface area contributed by atoms with Crippen molar-refractivity contribution < 1.29 is 18.7 Å². The molecule has 0 radical (unpaired) electrons. The number of rotatable bonds is 6. The van der Waals surface area contributed by atoms with Gasteiger partial charge in [-0.25, -0.2) is 9.18 Å². The van der Waals surface area contributed by atoms with Crippen LogP contribution < -0.4 is 10.1 Å². The number of benzene rings is 1. The van der Waals surface area contributed by atoms with Gasteiger partial charge in [0.05, 0.1) is 20.3 Å². The number of nitrogens with one attached hydrogen (secondary N) is 1. The average Bonchev–Trinajstić information content (AvgIpc) is 3.11. The Bertz CT molecular complexity index is 608. The number of ether oxygens (including phenoxy) is 2. The molecule has 0 unspecified atom stereocenters. The number of carbonyl (C=O) groups is 1. The summed E-state index contributed by atoms with van der Waals surface area (Å²) in [6.45, 7) is 5.64. The summed E-state index contributed by atoms with van der Waals surface area (Å²) >= 11 is 0. The fourth-order valence-electron chi connectivity index (χ4n) is 3.66. The van der Waals surface area contributed by atoms with Gasteiger partial charge in [0.2, 0.25) is 0 Å². The van der Waals surface area contributed by atoms with Crippen molar-refractivity contribution in [1.29, 1.82) is 0 Å². The predicted octanol–water partition coefficient (Wildman–Crippen LogP) is 1.88. The molecule has 26 heavy (non-hydrogen) atoms. The number of nitrogens with zero attached hydrogens (tertiary/aromatic N) is 2. The molecule has 0 spiro atoms. The Morgan fingerprint density at radius 3 is 2.88 bits per heavy atom. The van der Waals surface area contributed by atoms with Gasteiger partial charge >= 0.3 is 6.03 Å². The molecule has 0 bridgehead atoms. The van der Waals surface area contributed by atoms with E-state index < -0.39 is 0 Å². The largest absolute Gasteiger partial charge is 0.494 e. The van der Waals surface area contributed by atoms with Gasteiger partial charge in [0.25, 0.3) is 0 Å². The van der Waals surface area contributed by atoms with Crippen molar-refractivity contribution in [2.75, 3.05) is 53.0 Å². The van der Waals surface area contributed by atoms with Crippen molar-refractivity contribution in [2.45, 2.75) is 25.3 Å². The third-order valence-corrected chi connectivity index (χ3v) is 5.12. The molecule has 1 aromatic rings. The van der Waals surface area contributed by atoms with Crippen LogP contribution in [0.4, 0.5) is 9.18 Å². The van der Waals surface area contributed by atoms with Gasteiger partial charge in [-0.15, -0.1) is 0 Å². The number of morpholine rings is 1. The van der Waals surface area contributed by atoms with Gasteiger partial charge in [-0.2, -0.15) is 0 Å². The number of methoxy groups -OCH3 is 1. The Hall–Kier alpha value is -1.86. The van der Waals surface area contributed by atoms with Crippen LogP contribution in [0.3, 0.4) is 0 Å². The van der Waals surface area contributed by atoms with E-state index in [0.717, 1.165) is 57.8 Å². The van der Waals surface area contributed by atoms with E-state index in [1.807, 2.05) is 11.0 Å². The third-order valence-electron chi connectivity index (χ3n) is 5.12. The lowest BCUT2D eigenvalue weighted by atomic mass is 10.1. The maximum atomic E-state index is 13.7. The first-order valence-electron chi connectivity index (χ1n) is 9.34. The molecule has 1 N–H and O–H groups in total. The van der Waals surface area contributed by atoms with Gasteiger partial charge < -0.3 is 19.7 Å². The smallest absolute Gasteiger partial charge is 0.317 e. The van der Waals surface area contributed by atoms with E-state index in [4.69, 9.17) is 9.47 Å². The van der Waals surface area contributed by atoms with Crippen LogP contribution in [0, 0.1) is 5.82 Å². The van der Waals surface area contributed by atoms with Gasteiger partial charge in [-0.1, -0.05) is 6.07 Å². The van der Waals surface area contributed by atoms with Gasteiger partial charge in [0, 0.05) is 38.8 Å². The maximum Gasteiger partial charge on any atom is 0.317 e. The molecule has 3 rings (SSSR count). The van der Waals surface area contributed by atoms with Crippen molar-refractivity contribution in [2.24, 2.45) is 0 Å². The van der Waals surface area contributed by atoms with Crippen molar-refractivity contribution in [1.82, 2.24) is 15.1 Å². The van der Waals surface area contributed by atoms with Crippen LogP contribution in [0.2, 0.25) is 0 Å². The van der Waals surface area contributed by atoms with Crippen LogP contribution in [0.15, 0.2) is 18.2 Å². The highest BCUT2D eigenvalue weighted by Crippen LogP contribution is 2.20. The first-order valence-corrected chi connectivity index (χ1v) is 9.34. The second kappa shape index (κ2) is 9.19. The van der Waals surface area contributed by atoms with Crippen LogP contribution in [0.25, 0.3) is 0 Å². The first kappa shape index (κ1) is 18.9. The molecule has 2 heterocycles. The molecule has 6 nitrogen and oxygen atoms in total. The topological polar surface area (TPSA) is 54.0 Å². The summed E-state index contributed by atoms with van der Waals surface area (Å²) in [5.74, 6) is -0.137.